The van der Waals surface area contributed by atoms with Crippen molar-refractivity contribution in [3.05, 3.63) is 62.2 Å². The van der Waals surface area contributed by atoms with E-state index in [1.54, 1.807) is 18.2 Å². The fourth-order valence-electron chi connectivity index (χ4n) is 1.97. The molecular formula is C16H12ClF3INO3. The molecule has 0 spiro atoms. The molecule has 2 N–H and O–H groups in total. The molecule has 1 unspecified atom stereocenters. The average molecular weight is 486 g/mol. The van der Waals surface area contributed by atoms with Crippen molar-refractivity contribution in [2.24, 2.45) is 0 Å². The fourth-order valence-corrected chi connectivity index (χ4v) is 3.08. The maximum absolute atomic E-state index is 12.1. The highest BCUT2D eigenvalue weighted by Gasteiger charge is 2.31. The Labute approximate surface area is 160 Å². The molecule has 1 amide bonds. The first kappa shape index (κ1) is 19.8. The molecule has 0 saturated heterocycles. The first-order chi connectivity index (χ1) is 11.7. The molecule has 2 aromatic rings. The summed E-state index contributed by atoms with van der Waals surface area (Å²) >= 11 is 7.80. The lowest BCUT2D eigenvalue weighted by molar-refractivity contribution is -0.274. The first-order valence-electron chi connectivity index (χ1n) is 6.93. The number of ether oxygens (including phenoxy) is 1. The number of carbonyl (C=O) groups is 1. The summed E-state index contributed by atoms with van der Waals surface area (Å²) in [4.78, 5) is 12.1. The number of carbonyl (C=O) groups excluding carboxylic acids is 1. The predicted octanol–water partition coefficient (Wildman–Crippen LogP) is 4.31. The molecule has 0 bridgehead atoms. The number of hydrogen-bond donors (Lipinski definition) is 2. The fraction of sp³-hybridized carbons (Fsp3) is 0.188. The van der Waals surface area contributed by atoms with Gasteiger partial charge in [0.15, 0.2) is 0 Å². The van der Waals surface area contributed by atoms with Crippen LogP contribution in [0.15, 0.2) is 42.5 Å². The number of benzene rings is 2. The Morgan fingerprint density at radius 1 is 1.24 bits per heavy atom. The summed E-state index contributed by atoms with van der Waals surface area (Å²) in [7, 11) is 0. The predicted molar refractivity (Wildman–Crippen MR) is 94.6 cm³/mol. The molecule has 2 rings (SSSR count). The Hall–Kier alpha value is -1.52. The van der Waals surface area contributed by atoms with Crippen molar-refractivity contribution in [3.63, 3.8) is 0 Å². The molecule has 9 heteroatoms. The van der Waals surface area contributed by atoms with Crippen molar-refractivity contribution in [2.75, 3.05) is 6.54 Å². The van der Waals surface area contributed by atoms with Crippen molar-refractivity contribution >= 4 is 40.1 Å². The molecule has 0 aromatic heterocycles. The molecule has 0 aliphatic carbocycles. The Balaban J connectivity index is 1.95. The van der Waals surface area contributed by atoms with Crippen LogP contribution in [0.2, 0.25) is 5.02 Å². The van der Waals surface area contributed by atoms with E-state index in [1.165, 1.54) is 12.1 Å². The Bertz CT molecular complexity index is 753. The van der Waals surface area contributed by atoms with Crippen LogP contribution in [0.3, 0.4) is 0 Å². The highest BCUT2D eigenvalue weighted by atomic mass is 127. The summed E-state index contributed by atoms with van der Waals surface area (Å²) in [6.07, 6.45) is -5.85. The summed E-state index contributed by atoms with van der Waals surface area (Å²) in [5, 5.41) is 13.1. The van der Waals surface area contributed by atoms with Gasteiger partial charge in [-0.3, -0.25) is 4.79 Å². The minimum atomic E-state index is -4.77. The van der Waals surface area contributed by atoms with Crippen molar-refractivity contribution < 1.29 is 27.8 Å². The summed E-state index contributed by atoms with van der Waals surface area (Å²) in [5.74, 6) is -0.777. The highest BCUT2D eigenvalue weighted by molar-refractivity contribution is 14.1. The van der Waals surface area contributed by atoms with Crippen LogP contribution < -0.4 is 10.1 Å². The van der Waals surface area contributed by atoms with Gasteiger partial charge in [-0.15, -0.1) is 13.2 Å². The standard InChI is InChI=1S/C16H12ClF3INO3/c17-10-3-6-12(13(21)7-10)15(24)22-8-14(23)9-1-4-11(5-2-9)25-16(18,19)20/h1-7,14,23H,8H2,(H,22,24). The number of amides is 1. The minimum absolute atomic E-state index is 0.100. The van der Waals surface area contributed by atoms with E-state index >= 15 is 0 Å². The van der Waals surface area contributed by atoms with Crippen LogP contribution in [0.4, 0.5) is 13.2 Å². The van der Waals surface area contributed by atoms with Crippen LogP contribution in [-0.4, -0.2) is 23.9 Å². The SMILES string of the molecule is O=C(NCC(O)c1ccc(OC(F)(F)F)cc1)c1ccc(Cl)cc1I. The van der Waals surface area contributed by atoms with E-state index in [2.05, 4.69) is 10.1 Å². The van der Waals surface area contributed by atoms with E-state index in [-0.39, 0.29) is 12.3 Å². The number of rotatable bonds is 5. The van der Waals surface area contributed by atoms with Gasteiger partial charge < -0.3 is 15.2 Å². The van der Waals surface area contributed by atoms with Crippen LogP contribution in [0.5, 0.6) is 5.75 Å². The normalized spacial score (nSPS) is 12.6. The minimum Gasteiger partial charge on any atom is -0.406 e. The monoisotopic (exact) mass is 485 g/mol. The van der Waals surface area contributed by atoms with E-state index < -0.39 is 18.4 Å². The van der Waals surface area contributed by atoms with Crippen LogP contribution in [-0.2, 0) is 0 Å². The molecule has 1 atom stereocenters. The molecule has 0 radical (unpaired) electrons. The number of halogens is 5. The summed E-state index contributed by atoms with van der Waals surface area (Å²) < 4.78 is 40.7. The number of nitrogens with one attached hydrogen (secondary N) is 1. The maximum Gasteiger partial charge on any atom is 0.573 e. The van der Waals surface area contributed by atoms with Crippen molar-refractivity contribution in [1.82, 2.24) is 5.32 Å². The molecule has 25 heavy (non-hydrogen) atoms. The molecule has 134 valence electrons. The van der Waals surface area contributed by atoms with E-state index in [1.807, 2.05) is 22.6 Å². The second kappa shape index (κ2) is 8.24. The molecule has 0 saturated carbocycles. The lowest BCUT2D eigenvalue weighted by atomic mass is 10.1. The van der Waals surface area contributed by atoms with Gasteiger partial charge >= 0.3 is 6.36 Å². The van der Waals surface area contributed by atoms with Gasteiger partial charge in [0.25, 0.3) is 5.91 Å². The molecule has 2 aromatic carbocycles. The van der Waals surface area contributed by atoms with Gasteiger partial charge in [-0.2, -0.15) is 0 Å². The van der Waals surface area contributed by atoms with Crippen LogP contribution in [0, 0.1) is 3.57 Å². The quantitative estimate of drug-likeness (QED) is 0.621. The topological polar surface area (TPSA) is 58.6 Å². The molecular weight excluding hydrogens is 474 g/mol. The van der Waals surface area contributed by atoms with Gasteiger partial charge in [0.2, 0.25) is 0 Å². The van der Waals surface area contributed by atoms with E-state index in [0.29, 0.717) is 19.7 Å². The molecule has 0 fully saturated rings. The molecule has 4 nitrogen and oxygen atoms in total. The van der Waals surface area contributed by atoms with Crippen LogP contribution >= 0.6 is 34.2 Å². The van der Waals surface area contributed by atoms with E-state index in [4.69, 9.17) is 11.6 Å². The number of aliphatic hydroxyl groups excluding tert-OH is 1. The van der Waals surface area contributed by atoms with Crippen molar-refractivity contribution in [3.8, 4) is 5.75 Å². The number of alkyl halides is 3. The summed E-state index contributed by atoms with van der Waals surface area (Å²) in [5.41, 5.74) is 0.756. The van der Waals surface area contributed by atoms with Crippen molar-refractivity contribution in [1.29, 1.82) is 0 Å². The Kier molecular flexibility index (Phi) is 6.53. The second-order valence-corrected chi connectivity index (χ2v) is 6.57. The number of aliphatic hydroxyl groups is 1. The van der Waals surface area contributed by atoms with Crippen molar-refractivity contribution in [2.45, 2.75) is 12.5 Å². The van der Waals surface area contributed by atoms with Crippen LogP contribution in [0.1, 0.15) is 22.0 Å². The average Bonchev–Trinajstić information content (AvgIpc) is 2.51. The van der Waals surface area contributed by atoms with Crippen LogP contribution in [0.25, 0.3) is 0 Å². The third-order valence-electron chi connectivity index (χ3n) is 3.13. The summed E-state index contributed by atoms with van der Waals surface area (Å²) in [6.45, 7) is -0.100. The second-order valence-electron chi connectivity index (χ2n) is 4.97. The Morgan fingerprint density at radius 2 is 1.88 bits per heavy atom. The maximum atomic E-state index is 12.1. The van der Waals surface area contributed by atoms with Gasteiger partial charge in [-0.1, -0.05) is 23.7 Å². The molecule has 0 aliphatic rings. The van der Waals surface area contributed by atoms with Gasteiger partial charge in [0, 0.05) is 15.1 Å². The zero-order valence-electron chi connectivity index (χ0n) is 12.5. The van der Waals surface area contributed by atoms with Gasteiger partial charge in [-0.05, 0) is 58.5 Å². The first-order valence-corrected chi connectivity index (χ1v) is 8.38. The smallest absolute Gasteiger partial charge is 0.406 e. The summed E-state index contributed by atoms with van der Waals surface area (Å²) in [6, 6.07) is 9.55. The molecule has 0 aliphatic heterocycles. The van der Waals surface area contributed by atoms with Gasteiger partial charge in [0.1, 0.15) is 5.75 Å². The lowest BCUT2D eigenvalue weighted by Crippen LogP contribution is -2.29. The van der Waals surface area contributed by atoms with Gasteiger partial charge in [0.05, 0.1) is 11.7 Å². The largest absolute Gasteiger partial charge is 0.573 e. The zero-order valence-corrected chi connectivity index (χ0v) is 15.4. The number of hydrogen-bond acceptors (Lipinski definition) is 3. The molecule has 0 heterocycles. The van der Waals surface area contributed by atoms with E-state index in [0.717, 1.165) is 12.1 Å². The third-order valence-corrected chi connectivity index (χ3v) is 4.26. The third kappa shape index (κ3) is 6.05. The highest BCUT2D eigenvalue weighted by Crippen LogP contribution is 2.24. The Morgan fingerprint density at radius 3 is 2.44 bits per heavy atom. The lowest BCUT2D eigenvalue weighted by Gasteiger charge is -2.14. The zero-order chi connectivity index (χ0) is 18.6. The van der Waals surface area contributed by atoms with Gasteiger partial charge in [-0.25, -0.2) is 0 Å². The van der Waals surface area contributed by atoms with E-state index in [9.17, 15) is 23.1 Å².